The van der Waals surface area contributed by atoms with Crippen molar-refractivity contribution in [1.82, 2.24) is 5.32 Å². The number of carbonyl (C=O) groups is 1. The number of hydrogen-bond donors (Lipinski definition) is 1. The molecule has 1 heterocycles. The lowest BCUT2D eigenvalue weighted by Gasteiger charge is -2.11. The fraction of sp³-hybridized carbons (Fsp3) is 0.417. The smallest absolute Gasteiger partial charge is 0.407 e. The second-order valence-corrected chi connectivity index (χ2v) is 3.73. The summed E-state index contributed by atoms with van der Waals surface area (Å²) >= 11 is 0. The highest BCUT2D eigenvalue weighted by Crippen LogP contribution is 2.08. The topological polar surface area (TPSA) is 47.6 Å². The molecule has 0 unspecified atom stereocenters. The molecule has 0 aromatic heterocycles. The number of hydrogen-bond acceptors (Lipinski definition) is 3. The Hall–Kier alpha value is -1.55. The van der Waals surface area contributed by atoms with E-state index >= 15 is 0 Å². The standard InChI is InChI=1S/C12H15NO3/c14-12(16-11-6-7-15-9-11)13-8-10-4-2-1-3-5-10/h1-5,11H,6-9H2,(H,13,14)/t11-/m0/s1. The Bertz CT molecular complexity index is 333. The lowest BCUT2D eigenvalue weighted by atomic mass is 10.2. The predicted molar refractivity (Wildman–Crippen MR) is 59.0 cm³/mol. The molecule has 1 aromatic rings. The number of ether oxygens (including phenoxy) is 2. The number of nitrogens with one attached hydrogen (secondary N) is 1. The molecule has 1 aromatic carbocycles. The molecule has 4 heteroatoms. The van der Waals surface area contributed by atoms with Crippen molar-refractivity contribution in [3.63, 3.8) is 0 Å². The van der Waals surface area contributed by atoms with E-state index in [4.69, 9.17) is 9.47 Å². The van der Waals surface area contributed by atoms with Crippen LogP contribution in [-0.4, -0.2) is 25.4 Å². The maximum atomic E-state index is 11.4. The van der Waals surface area contributed by atoms with E-state index in [1.807, 2.05) is 30.3 Å². The van der Waals surface area contributed by atoms with Crippen LogP contribution in [0.15, 0.2) is 30.3 Å². The minimum Gasteiger partial charge on any atom is -0.444 e. The molecule has 1 N–H and O–H groups in total. The fourth-order valence-corrected chi connectivity index (χ4v) is 1.57. The van der Waals surface area contributed by atoms with Crippen LogP contribution in [0.4, 0.5) is 4.79 Å². The molecule has 1 aliphatic rings. The minimum atomic E-state index is -0.376. The zero-order chi connectivity index (χ0) is 11.2. The molecule has 0 saturated carbocycles. The maximum Gasteiger partial charge on any atom is 0.407 e. The second kappa shape index (κ2) is 5.51. The first kappa shape index (κ1) is 11.0. The van der Waals surface area contributed by atoms with Gasteiger partial charge in [0.15, 0.2) is 0 Å². The van der Waals surface area contributed by atoms with Crippen molar-refractivity contribution in [1.29, 1.82) is 0 Å². The first-order valence-electron chi connectivity index (χ1n) is 5.41. The molecule has 1 aliphatic heterocycles. The van der Waals surface area contributed by atoms with Crippen molar-refractivity contribution in [3.05, 3.63) is 35.9 Å². The summed E-state index contributed by atoms with van der Waals surface area (Å²) in [5, 5.41) is 2.71. The first-order valence-corrected chi connectivity index (χ1v) is 5.41. The van der Waals surface area contributed by atoms with Crippen molar-refractivity contribution in [2.45, 2.75) is 19.1 Å². The van der Waals surface area contributed by atoms with Crippen molar-refractivity contribution in [3.8, 4) is 0 Å². The average molecular weight is 221 g/mol. The van der Waals surface area contributed by atoms with E-state index in [1.165, 1.54) is 0 Å². The van der Waals surface area contributed by atoms with E-state index in [9.17, 15) is 4.79 Å². The van der Waals surface area contributed by atoms with Crippen LogP contribution in [0.25, 0.3) is 0 Å². The summed E-state index contributed by atoms with van der Waals surface area (Å²) in [4.78, 5) is 11.4. The van der Waals surface area contributed by atoms with E-state index in [1.54, 1.807) is 0 Å². The van der Waals surface area contributed by atoms with E-state index in [2.05, 4.69) is 5.32 Å². The fourth-order valence-electron chi connectivity index (χ4n) is 1.57. The van der Waals surface area contributed by atoms with Crippen LogP contribution in [-0.2, 0) is 16.0 Å². The maximum absolute atomic E-state index is 11.4. The van der Waals surface area contributed by atoms with Gasteiger partial charge in [-0.3, -0.25) is 0 Å². The van der Waals surface area contributed by atoms with E-state index < -0.39 is 0 Å². The molecule has 86 valence electrons. The van der Waals surface area contributed by atoms with Crippen molar-refractivity contribution in [2.24, 2.45) is 0 Å². The van der Waals surface area contributed by atoms with Crippen LogP contribution < -0.4 is 5.32 Å². The van der Waals surface area contributed by atoms with Crippen LogP contribution in [0.1, 0.15) is 12.0 Å². The third-order valence-corrected chi connectivity index (χ3v) is 2.44. The largest absolute Gasteiger partial charge is 0.444 e. The minimum absolute atomic E-state index is 0.0872. The van der Waals surface area contributed by atoms with Crippen LogP contribution in [0.5, 0.6) is 0 Å². The van der Waals surface area contributed by atoms with Gasteiger partial charge < -0.3 is 14.8 Å². The molecule has 1 atom stereocenters. The Kier molecular flexibility index (Phi) is 3.77. The normalized spacial score (nSPS) is 19.4. The molecule has 1 fully saturated rings. The SMILES string of the molecule is O=C(NCc1ccccc1)O[C@H]1CCOC1. The molecular weight excluding hydrogens is 206 g/mol. The van der Waals surface area contributed by atoms with E-state index in [0.717, 1.165) is 12.0 Å². The van der Waals surface area contributed by atoms with Crippen LogP contribution >= 0.6 is 0 Å². The molecule has 4 nitrogen and oxygen atoms in total. The van der Waals surface area contributed by atoms with Crippen molar-refractivity contribution >= 4 is 6.09 Å². The molecule has 16 heavy (non-hydrogen) atoms. The van der Waals surface area contributed by atoms with Gasteiger partial charge in [-0.1, -0.05) is 30.3 Å². The number of carbonyl (C=O) groups excluding carboxylic acids is 1. The molecule has 2 rings (SSSR count). The zero-order valence-electron chi connectivity index (χ0n) is 9.02. The molecule has 1 amide bonds. The van der Waals surface area contributed by atoms with Gasteiger partial charge in [-0.25, -0.2) is 4.79 Å². The third-order valence-electron chi connectivity index (χ3n) is 2.44. The molecular formula is C12H15NO3. The van der Waals surface area contributed by atoms with E-state index in [0.29, 0.717) is 19.8 Å². The van der Waals surface area contributed by atoms with Gasteiger partial charge in [-0.15, -0.1) is 0 Å². The summed E-state index contributed by atoms with van der Waals surface area (Å²) in [7, 11) is 0. The highest BCUT2D eigenvalue weighted by molar-refractivity contribution is 5.67. The number of benzene rings is 1. The van der Waals surface area contributed by atoms with Gasteiger partial charge in [0, 0.05) is 13.0 Å². The van der Waals surface area contributed by atoms with Gasteiger partial charge in [0.2, 0.25) is 0 Å². The molecule has 0 aliphatic carbocycles. The molecule has 1 saturated heterocycles. The molecule has 0 radical (unpaired) electrons. The molecule has 0 spiro atoms. The highest BCUT2D eigenvalue weighted by Gasteiger charge is 2.19. The van der Waals surface area contributed by atoms with Gasteiger partial charge in [-0.2, -0.15) is 0 Å². The Morgan fingerprint density at radius 3 is 2.94 bits per heavy atom. The summed E-state index contributed by atoms with van der Waals surface area (Å²) in [6.45, 7) is 1.68. The van der Waals surface area contributed by atoms with Gasteiger partial charge in [0.1, 0.15) is 6.10 Å². The quantitative estimate of drug-likeness (QED) is 0.845. The summed E-state index contributed by atoms with van der Waals surface area (Å²) in [6.07, 6.45) is 0.328. The Balaban J connectivity index is 1.71. The monoisotopic (exact) mass is 221 g/mol. The number of amides is 1. The Morgan fingerprint density at radius 2 is 2.25 bits per heavy atom. The van der Waals surface area contributed by atoms with Crippen molar-refractivity contribution in [2.75, 3.05) is 13.2 Å². The first-order chi connectivity index (χ1) is 7.84. The Morgan fingerprint density at radius 1 is 1.44 bits per heavy atom. The summed E-state index contributed by atoms with van der Waals surface area (Å²) in [5.41, 5.74) is 1.06. The van der Waals surface area contributed by atoms with Gasteiger partial charge >= 0.3 is 6.09 Å². The summed E-state index contributed by atoms with van der Waals surface area (Å²) < 4.78 is 10.3. The average Bonchev–Trinajstić information content (AvgIpc) is 2.81. The van der Waals surface area contributed by atoms with Gasteiger partial charge in [0.25, 0.3) is 0 Å². The summed E-state index contributed by atoms with van der Waals surface area (Å²) in [6, 6.07) is 9.73. The zero-order valence-corrected chi connectivity index (χ0v) is 9.02. The lowest BCUT2D eigenvalue weighted by molar-refractivity contribution is 0.0828. The van der Waals surface area contributed by atoms with Crippen LogP contribution in [0, 0.1) is 0 Å². The van der Waals surface area contributed by atoms with Crippen LogP contribution in [0.3, 0.4) is 0 Å². The second-order valence-electron chi connectivity index (χ2n) is 3.73. The van der Waals surface area contributed by atoms with Gasteiger partial charge in [0.05, 0.1) is 13.2 Å². The lowest BCUT2D eigenvalue weighted by Crippen LogP contribution is -2.28. The third kappa shape index (κ3) is 3.24. The molecule has 0 bridgehead atoms. The summed E-state index contributed by atoms with van der Waals surface area (Å²) in [5.74, 6) is 0. The Labute approximate surface area is 94.6 Å². The number of alkyl carbamates (subject to hydrolysis) is 1. The van der Waals surface area contributed by atoms with Gasteiger partial charge in [-0.05, 0) is 5.56 Å². The van der Waals surface area contributed by atoms with Crippen LogP contribution in [0.2, 0.25) is 0 Å². The predicted octanol–water partition coefficient (Wildman–Crippen LogP) is 1.70. The van der Waals surface area contributed by atoms with Crippen molar-refractivity contribution < 1.29 is 14.3 Å². The highest BCUT2D eigenvalue weighted by atomic mass is 16.6. The number of rotatable bonds is 3. The van der Waals surface area contributed by atoms with E-state index in [-0.39, 0.29) is 12.2 Å².